The van der Waals surface area contributed by atoms with E-state index in [0.29, 0.717) is 12.3 Å². The van der Waals surface area contributed by atoms with Crippen molar-refractivity contribution >= 4 is 16.8 Å². The van der Waals surface area contributed by atoms with Crippen LogP contribution in [0.25, 0.3) is 11.0 Å². The highest BCUT2D eigenvalue weighted by Crippen LogP contribution is 2.39. The van der Waals surface area contributed by atoms with Crippen LogP contribution in [0.15, 0.2) is 18.2 Å². The monoisotopic (exact) mass is 297 g/mol. The number of rotatable bonds is 5. The number of nitrogens with one attached hydrogen (secondary N) is 1. The van der Waals surface area contributed by atoms with Crippen molar-refractivity contribution in [2.75, 3.05) is 19.6 Å². The fourth-order valence-electron chi connectivity index (χ4n) is 3.34. The molecule has 0 bridgehead atoms. The lowest BCUT2D eigenvalue weighted by Crippen LogP contribution is -2.31. The van der Waals surface area contributed by atoms with Gasteiger partial charge in [-0.1, -0.05) is 6.42 Å². The molecule has 4 heteroatoms. The lowest BCUT2D eigenvalue weighted by Gasteiger charge is -2.25. The van der Waals surface area contributed by atoms with E-state index in [-0.39, 0.29) is 5.78 Å². The molecule has 2 aliphatic rings. The molecular formula is C18H23N3O. The van der Waals surface area contributed by atoms with Crippen LogP contribution in [0.3, 0.4) is 0 Å². The highest BCUT2D eigenvalue weighted by Gasteiger charge is 2.26. The first-order chi connectivity index (χ1) is 10.8. The molecular weight excluding hydrogens is 274 g/mol. The number of likely N-dealkylation sites (tertiary alicyclic amines) is 1. The van der Waals surface area contributed by atoms with E-state index >= 15 is 0 Å². The number of fused-ring (bicyclic) bond motifs is 1. The third-order valence-electron chi connectivity index (χ3n) is 4.89. The fraction of sp³-hybridized carbons (Fsp3) is 0.556. The highest BCUT2D eigenvalue weighted by atomic mass is 16.1. The second-order valence-corrected chi connectivity index (χ2v) is 6.70. The van der Waals surface area contributed by atoms with Gasteiger partial charge >= 0.3 is 0 Å². The smallest absolute Gasteiger partial charge is 0.164 e. The van der Waals surface area contributed by atoms with E-state index in [1.165, 1.54) is 32.1 Å². The third kappa shape index (κ3) is 2.93. The summed E-state index contributed by atoms with van der Waals surface area (Å²) in [5, 5.41) is 0. The molecule has 1 saturated carbocycles. The third-order valence-corrected chi connectivity index (χ3v) is 4.89. The summed E-state index contributed by atoms with van der Waals surface area (Å²) in [5.41, 5.74) is 2.80. The van der Waals surface area contributed by atoms with Gasteiger partial charge in [-0.15, -0.1) is 0 Å². The summed E-state index contributed by atoms with van der Waals surface area (Å²) >= 11 is 0. The molecule has 0 amide bonds. The Morgan fingerprint density at radius 2 is 2.05 bits per heavy atom. The predicted molar refractivity (Wildman–Crippen MR) is 87.3 cm³/mol. The summed E-state index contributed by atoms with van der Waals surface area (Å²) in [4.78, 5) is 22.8. The van der Waals surface area contributed by atoms with Crippen LogP contribution in [0.2, 0.25) is 0 Å². The number of ketones is 1. The zero-order chi connectivity index (χ0) is 14.9. The van der Waals surface area contributed by atoms with Gasteiger partial charge in [0, 0.05) is 24.4 Å². The largest absolute Gasteiger partial charge is 0.342 e. The molecule has 2 aromatic rings. The molecule has 1 aliphatic heterocycles. The van der Waals surface area contributed by atoms with Crippen molar-refractivity contribution in [3.05, 3.63) is 29.6 Å². The molecule has 1 N–H and O–H groups in total. The number of aromatic amines is 1. The quantitative estimate of drug-likeness (QED) is 0.859. The van der Waals surface area contributed by atoms with E-state index < -0.39 is 0 Å². The number of hydrogen-bond donors (Lipinski definition) is 1. The lowest BCUT2D eigenvalue weighted by atomic mass is 10.1. The van der Waals surface area contributed by atoms with Gasteiger partial charge in [0.15, 0.2) is 5.78 Å². The van der Waals surface area contributed by atoms with E-state index in [9.17, 15) is 4.79 Å². The molecule has 2 heterocycles. The van der Waals surface area contributed by atoms with Crippen molar-refractivity contribution in [1.82, 2.24) is 14.9 Å². The highest BCUT2D eigenvalue weighted by molar-refractivity contribution is 5.99. The molecule has 2 fully saturated rings. The van der Waals surface area contributed by atoms with Gasteiger partial charge in [-0.3, -0.25) is 4.79 Å². The van der Waals surface area contributed by atoms with Gasteiger partial charge in [0.1, 0.15) is 5.82 Å². The second-order valence-electron chi connectivity index (χ2n) is 6.70. The van der Waals surface area contributed by atoms with Gasteiger partial charge in [-0.05, 0) is 57.0 Å². The summed E-state index contributed by atoms with van der Waals surface area (Å²) in [6.07, 6.45) is 6.98. The van der Waals surface area contributed by atoms with Gasteiger partial charge in [0.2, 0.25) is 0 Å². The summed E-state index contributed by atoms with van der Waals surface area (Å²) in [7, 11) is 0. The number of nitrogens with zero attached hydrogens (tertiary/aromatic N) is 2. The van der Waals surface area contributed by atoms with E-state index in [0.717, 1.165) is 42.1 Å². The van der Waals surface area contributed by atoms with Crippen molar-refractivity contribution in [3.63, 3.8) is 0 Å². The Morgan fingerprint density at radius 1 is 1.23 bits per heavy atom. The van der Waals surface area contributed by atoms with Crippen molar-refractivity contribution in [2.45, 2.75) is 44.4 Å². The minimum absolute atomic E-state index is 0.245. The normalized spacial score (nSPS) is 19.6. The molecule has 1 saturated heterocycles. The molecule has 4 nitrogen and oxygen atoms in total. The van der Waals surface area contributed by atoms with Crippen LogP contribution in [-0.2, 0) is 0 Å². The maximum absolute atomic E-state index is 12.4. The molecule has 4 rings (SSSR count). The Bertz CT molecular complexity index is 681. The summed E-state index contributed by atoms with van der Waals surface area (Å²) in [5.74, 6) is 1.95. The van der Waals surface area contributed by atoms with Gasteiger partial charge < -0.3 is 9.88 Å². The number of carbonyl (C=O) groups excluding carboxylic acids is 1. The number of hydrogen-bond acceptors (Lipinski definition) is 3. The fourth-order valence-corrected chi connectivity index (χ4v) is 3.34. The van der Waals surface area contributed by atoms with E-state index in [1.807, 2.05) is 18.2 Å². The molecule has 116 valence electrons. The number of Topliss-reactive ketones (excluding diaryl/α,β-unsaturated/α-hetero) is 1. The van der Waals surface area contributed by atoms with Crippen LogP contribution >= 0.6 is 0 Å². The maximum Gasteiger partial charge on any atom is 0.164 e. The maximum atomic E-state index is 12.4. The van der Waals surface area contributed by atoms with Crippen molar-refractivity contribution in [3.8, 4) is 0 Å². The standard InChI is InChI=1S/C18H23N3O/c22-17(8-11-21-9-2-1-3-10-21)14-6-7-15-16(12-14)20-18(19-15)13-4-5-13/h6-7,12-13H,1-5,8-11H2,(H,19,20). The minimum atomic E-state index is 0.245. The molecule has 1 aromatic carbocycles. The topological polar surface area (TPSA) is 49.0 Å². The van der Waals surface area contributed by atoms with Crippen LogP contribution in [-0.4, -0.2) is 40.3 Å². The molecule has 0 unspecified atom stereocenters. The average Bonchev–Trinajstić information content (AvgIpc) is 3.32. The summed E-state index contributed by atoms with van der Waals surface area (Å²) in [6.45, 7) is 3.20. The summed E-state index contributed by atoms with van der Waals surface area (Å²) < 4.78 is 0. The Kier molecular flexibility index (Phi) is 3.70. The van der Waals surface area contributed by atoms with Crippen LogP contribution in [0.1, 0.15) is 60.6 Å². The molecule has 1 aromatic heterocycles. The first-order valence-corrected chi connectivity index (χ1v) is 8.55. The first kappa shape index (κ1) is 13.9. The first-order valence-electron chi connectivity index (χ1n) is 8.55. The Hall–Kier alpha value is -1.68. The van der Waals surface area contributed by atoms with Gasteiger partial charge in [0.05, 0.1) is 11.0 Å². The molecule has 0 spiro atoms. The van der Waals surface area contributed by atoms with Gasteiger partial charge in [0.25, 0.3) is 0 Å². The average molecular weight is 297 g/mol. The number of aromatic nitrogens is 2. The van der Waals surface area contributed by atoms with Crippen molar-refractivity contribution in [1.29, 1.82) is 0 Å². The van der Waals surface area contributed by atoms with E-state index in [1.54, 1.807) is 0 Å². The minimum Gasteiger partial charge on any atom is -0.342 e. The second kappa shape index (κ2) is 5.84. The number of imidazole rings is 1. The lowest BCUT2D eigenvalue weighted by molar-refractivity contribution is 0.0959. The van der Waals surface area contributed by atoms with E-state index in [4.69, 9.17) is 0 Å². The van der Waals surface area contributed by atoms with Gasteiger partial charge in [-0.2, -0.15) is 0 Å². The number of carbonyl (C=O) groups is 1. The predicted octanol–water partition coefficient (Wildman–Crippen LogP) is 3.50. The van der Waals surface area contributed by atoms with E-state index in [2.05, 4.69) is 14.9 Å². The number of piperidine rings is 1. The molecule has 0 atom stereocenters. The Labute approximate surface area is 130 Å². The van der Waals surface area contributed by atoms with Gasteiger partial charge in [-0.25, -0.2) is 4.98 Å². The molecule has 22 heavy (non-hydrogen) atoms. The molecule has 0 radical (unpaired) electrons. The molecule has 1 aliphatic carbocycles. The number of H-pyrrole nitrogens is 1. The Morgan fingerprint density at radius 3 is 2.82 bits per heavy atom. The SMILES string of the molecule is O=C(CCN1CCCCC1)c1ccc2nc(C3CC3)[nH]c2c1. The zero-order valence-electron chi connectivity index (χ0n) is 13.0. The van der Waals surface area contributed by atoms with Crippen LogP contribution in [0.5, 0.6) is 0 Å². The van der Waals surface area contributed by atoms with Crippen molar-refractivity contribution in [2.24, 2.45) is 0 Å². The van der Waals surface area contributed by atoms with Crippen LogP contribution < -0.4 is 0 Å². The number of benzene rings is 1. The van der Waals surface area contributed by atoms with Crippen molar-refractivity contribution < 1.29 is 4.79 Å². The van der Waals surface area contributed by atoms with Crippen LogP contribution in [0.4, 0.5) is 0 Å². The Balaban J connectivity index is 1.44. The zero-order valence-corrected chi connectivity index (χ0v) is 13.0. The van der Waals surface area contributed by atoms with Crippen LogP contribution in [0, 0.1) is 0 Å². The summed E-state index contributed by atoms with van der Waals surface area (Å²) in [6, 6.07) is 5.89.